The minimum absolute atomic E-state index is 0.0638. The number of amides is 3. The highest BCUT2D eigenvalue weighted by Gasteiger charge is 2.29. The van der Waals surface area contributed by atoms with E-state index in [9.17, 15) is 14.4 Å². The molecule has 2 aromatic rings. The Balaban J connectivity index is 1.51. The number of unbranched alkanes of at least 4 members (excludes halogenated alkanes) is 1. The van der Waals surface area contributed by atoms with Crippen LogP contribution in [0.15, 0.2) is 24.3 Å². The van der Waals surface area contributed by atoms with Gasteiger partial charge in [0.25, 0.3) is 11.8 Å². The number of carbonyl (C=O) groups excluding carboxylic acids is 3. The first-order valence-electron chi connectivity index (χ1n) is 10.4. The van der Waals surface area contributed by atoms with Gasteiger partial charge in [-0.25, -0.2) is 0 Å². The van der Waals surface area contributed by atoms with Gasteiger partial charge < -0.3 is 20.3 Å². The maximum Gasteiger partial charge on any atom is 0.286 e. The predicted molar refractivity (Wildman–Crippen MR) is 117 cm³/mol. The number of methoxy groups -OCH3 is 1. The van der Waals surface area contributed by atoms with E-state index in [1.54, 1.807) is 36.3 Å². The van der Waals surface area contributed by atoms with Crippen molar-refractivity contribution in [3.8, 4) is 5.75 Å². The molecule has 0 unspecified atom stereocenters. The summed E-state index contributed by atoms with van der Waals surface area (Å²) in [5.41, 5.74) is 0.591. The van der Waals surface area contributed by atoms with Crippen LogP contribution in [0.5, 0.6) is 5.75 Å². The summed E-state index contributed by atoms with van der Waals surface area (Å²) in [5, 5.41) is 13.7. The number of ether oxygens (including phenoxy) is 1. The van der Waals surface area contributed by atoms with Gasteiger partial charge in [0.05, 0.1) is 7.11 Å². The number of carbonyl (C=O) groups is 3. The Labute approximate surface area is 185 Å². The lowest BCUT2D eigenvalue weighted by Crippen LogP contribution is -2.43. The van der Waals surface area contributed by atoms with Gasteiger partial charge in [-0.15, -0.1) is 10.2 Å². The smallest absolute Gasteiger partial charge is 0.286 e. The fourth-order valence-electron chi connectivity index (χ4n) is 3.27. The van der Waals surface area contributed by atoms with Crippen LogP contribution < -0.4 is 15.4 Å². The summed E-state index contributed by atoms with van der Waals surface area (Å²) in [5.74, 6) is -0.00543. The summed E-state index contributed by atoms with van der Waals surface area (Å²) in [6, 6.07) is 6.90. The normalized spacial score (nSPS) is 14.2. The number of piperidine rings is 1. The number of benzene rings is 1. The summed E-state index contributed by atoms with van der Waals surface area (Å²) in [4.78, 5) is 39.0. The second kappa shape index (κ2) is 10.9. The Morgan fingerprint density at radius 2 is 1.81 bits per heavy atom. The lowest BCUT2D eigenvalue weighted by molar-refractivity contribution is -0.126. The highest BCUT2D eigenvalue weighted by atomic mass is 32.1. The molecule has 0 aliphatic carbocycles. The molecule has 3 rings (SSSR count). The van der Waals surface area contributed by atoms with E-state index in [0.717, 1.165) is 24.2 Å². The summed E-state index contributed by atoms with van der Waals surface area (Å²) in [7, 11) is 1.57. The van der Waals surface area contributed by atoms with Crippen molar-refractivity contribution in [3.63, 3.8) is 0 Å². The third kappa shape index (κ3) is 6.00. The molecule has 3 amide bonds. The molecule has 2 heterocycles. The van der Waals surface area contributed by atoms with Gasteiger partial charge in [-0.05, 0) is 43.5 Å². The van der Waals surface area contributed by atoms with Crippen LogP contribution in [0.4, 0.5) is 5.69 Å². The Morgan fingerprint density at radius 1 is 1.13 bits per heavy atom. The zero-order valence-electron chi connectivity index (χ0n) is 17.7. The lowest BCUT2D eigenvalue weighted by atomic mass is 9.96. The van der Waals surface area contributed by atoms with Crippen molar-refractivity contribution in [2.75, 3.05) is 32.1 Å². The van der Waals surface area contributed by atoms with Crippen molar-refractivity contribution in [1.82, 2.24) is 20.4 Å². The van der Waals surface area contributed by atoms with Crippen molar-refractivity contribution in [3.05, 3.63) is 34.3 Å². The Hall–Kier alpha value is -3.01. The maximum absolute atomic E-state index is 12.7. The van der Waals surface area contributed by atoms with Gasteiger partial charge in [-0.1, -0.05) is 24.7 Å². The molecule has 0 saturated carbocycles. The first kappa shape index (κ1) is 22.7. The minimum atomic E-state index is -0.427. The zero-order chi connectivity index (χ0) is 22.2. The molecule has 166 valence electrons. The van der Waals surface area contributed by atoms with Crippen molar-refractivity contribution in [2.24, 2.45) is 5.92 Å². The molecule has 2 N–H and O–H groups in total. The van der Waals surface area contributed by atoms with Crippen LogP contribution >= 0.6 is 11.3 Å². The van der Waals surface area contributed by atoms with E-state index in [-0.39, 0.29) is 27.7 Å². The summed E-state index contributed by atoms with van der Waals surface area (Å²) < 4.78 is 5.09. The molecule has 9 nitrogen and oxygen atoms in total. The van der Waals surface area contributed by atoms with Crippen LogP contribution in [0.3, 0.4) is 0 Å². The van der Waals surface area contributed by atoms with E-state index in [0.29, 0.717) is 43.9 Å². The van der Waals surface area contributed by atoms with Crippen molar-refractivity contribution < 1.29 is 19.1 Å². The third-order valence-electron chi connectivity index (χ3n) is 5.13. The van der Waals surface area contributed by atoms with Crippen molar-refractivity contribution in [2.45, 2.75) is 32.6 Å². The van der Waals surface area contributed by atoms with Crippen LogP contribution in [0.1, 0.15) is 52.2 Å². The largest absolute Gasteiger partial charge is 0.497 e. The first-order chi connectivity index (χ1) is 15.0. The maximum atomic E-state index is 12.7. The highest BCUT2D eigenvalue weighted by Crippen LogP contribution is 2.21. The summed E-state index contributed by atoms with van der Waals surface area (Å²) in [6.07, 6.45) is 3.24. The van der Waals surface area contributed by atoms with Crippen molar-refractivity contribution in [1.29, 1.82) is 0 Å². The second-order valence-electron chi connectivity index (χ2n) is 7.31. The predicted octanol–water partition coefficient (Wildman–Crippen LogP) is 2.57. The molecule has 0 radical (unpaired) electrons. The summed E-state index contributed by atoms with van der Waals surface area (Å²) >= 11 is 0.961. The molecule has 0 spiro atoms. The number of nitrogens with one attached hydrogen (secondary N) is 2. The molecule has 31 heavy (non-hydrogen) atoms. The van der Waals surface area contributed by atoms with Crippen LogP contribution in [0.25, 0.3) is 0 Å². The SMILES string of the molecule is CCCCNC(=O)C1CCN(C(=O)c2nnc(C(=O)Nc3ccc(OC)cc3)s2)CC1. The molecule has 1 saturated heterocycles. The third-order valence-corrected chi connectivity index (χ3v) is 6.04. The van der Waals surface area contributed by atoms with E-state index in [1.807, 2.05) is 0 Å². The Bertz CT molecular complexity index is 907. The van der Waals surface area contributed by atoms with Gasteiger partial charge >= 0.3 is 0 Å². The van der Waals surface area contributed by atoms with E-state index in [1.165, 1.54) is 0 Å². The number of likely N-dealkylation sites (tertiary alicyclic amines) is 1. The highest BCUT2D eigenvalue weighted by molar-refractivity contribution is 7.15. The van der Waals surface area contributed by atoms with E-state index < -0.39 is 5.91 Å². The van der Waals surface area contributed by atoms with Crippen LogP contribution in [0, 0.1) is 5.92 Å². The number of anilines is 1. The second-order valence-corrected chi connectivity index (χ2v) is 8.28. The van der Waals surface area contributed by atoms with Crippen LogP contribution in [-0.4, -0.2) is 59.6 Å². The average Bonchev–Trinajstić information content (AvgIpc) is 3.30. The number of rotatable bonds is 8. The Morgan fingerprint density at radius 3 is 2.45 bits per heavy atom. The van der Waals surface area contributed by atoms with E-state index >= 15 is 0 Å². The van der Waals surface area contributed by atoms with Gasteiger partial charge in [-0.2, -0.15) is 0 Å². The monoisotopic (exact) mass is 445 g/mol. The molecule has 1 aromatic heterocycles. The molecule has 1 aliphatic heterocycles. The van der Waals surface area contributed by atoms with E-state index in [2.05, 4.69) is 27.8 Å². The van der Waals surface area contributed by atoms with Gasteiger partial charge in [0.2, 0.25) is 15.9 Å². The zero-order valence-corrected chi connectivity index (χ0v) is 18.5. The molecule has 1 fully saturated rings. The lowest BCUT2D eigenvalue weighted by Gasteiger charge is -2.30. The molecule has 10 heteroatoms. The molecule has 0 bridgehead atoms. The van der Waals surface area contributed by atoms with Gasteiger partial charge in [-0.3, -0.25) is 14.4 Å². The number of hydrogen-bond acceptors (Lipinski definition) is 7. The quantitative estimate of drug-likeness (QED) is 0.604. The van der Waals surface area contributed by atoms with Gasteiger partial charge in [0.15, 0.2) is 0 Å². The molecule has 1 aliphatic rings. The topological polar surface area (TPSA) is 114 Å². The average molecular weight is 446 g/mol. The fourth-order valence-corrected chi connectivity index (χ4v) is 3.98. The number of hydrogen-bond donors (Lipinski definition) is 2. The van der Waals surface area contributed by atoms with E-state index in [4.69, 9.17) is 4.74 Å². The molecule has 1 aromatic carbocycles. The van der Waals surface area contributed by atoms with Gasteiger partial charge in [0, 0.05) is 31.2 Å². The molecular weight excluding hydrogens is 418 g/mol. The standard InChI is InChI=1S/C21H27N5O4S/c1-3-4-11-22-17(27)14-9-12-26(13-10-14)21(29)20-25-24-19(31-20)18(28)23-15-5-7-16(30-2)8-6-15/h5-8,14H,3-4,9-13H2,1-2H3,(H,22,27)(H,23,28). The Kier molecular flexibility index (Phi) is 7.94. The molecular formula is C21H27N5O4S. The van der Waals surface area contributed by atoms with Gasteiger partial charge in [0.1, 0.15) is 5.75 Å². The number of aromatic nitrogens is 2. The summed E-state index contributed by atoms with van der Waals surface area (Å²) in [6.45, 7) is 3.74. The fraction of sp³-hybridized carbons (Fsp3) is 0.476. The number of nitrogens with zero attached hydrogens (tertiary/aromatic N) is 3. The molecule has 0 atom stereocenters. The minimum Gasteiger partial charge on any atom is -0.497 e. The van der Waals surface area contributed by atoms with Crippen LogP contribution in [0.2, 0.25) is 0 Å². The van der Waals surface area contributed by atoms with Crippen LogP contribution in [-0.2, 0) is 4.79 Å². The van der Waals surface area contributed by atoms with Crippen molar-refractivity contribution >= 4 is 34.7 Å². The first-order valence-corrected chi connectivity index (χ1v) is 11.2.